The van der Waals surface area contributed by atoms with E-state index in [-0.39, 0.29) is 35.8 Å². The Labute approximate surface area is 559 Å². The molecular formula is C47H63Br9ClN3O11S6. The number of ether oxygens (including phenoxy) is 4. The van der Waals surface area contributed by atoms with Gasteiger partial charge in [-0.2, -0.15) is 11.3 Å². The molecule has 0 bridgehead atoms. The molecule has 6 rings (SSSR count). The molecule has 14 nitrogen and oxygen atoms in total. The largest absolute Gasteiger partial charge is 0.349 e. The molecule has 438 valence electrons. The fraction of sp³-hybridized carbons (Fsp3) is 0.404. The Hall–Kier alpha value is 0.770. The highest BCUT2D eigenvalue weighted by atomic mass is 79.9. The van der Waals surface area contributed by atoms with Gasteiger partial charge >= 0.3 is 0 Å². The van der Waals surface area contributed by atoms with Crippen LogP contribution >= 0.6 is 224 Å². The molecule has 6 aromatic rings. The number of aryl methyl sites for hydroxylation is 2. The van der Waals surface area contributed by atoms with Crippen molar-refractivity contribution in [1.82, 2.24) is 16.0 Å². The zero-order chi connectivity index (χ0) is 59.5. The average Bonchev–Trinajstić information content (AvgIpc) is 4.25. The summed E-state index contributed by atoms with van der Waals surface area (Å²) >= 11 is 39.9. The monoisotopic (exact) mass is 1780 g/mol. The van der Waals surface area contributed by atoms with Crippen molar-refractivity contribution in [2.75, 3.05) is 63.9 Å². The third-order valence-corrected chi connectivity index (χ3v) is 22.0. The van der Waals surface area contributed by atoms with Crippen LogP contribution in [0.5, 0.6) is 0 Å². The standard InChI is InChI=1S/C9H13BrO2S.C8H10Br2O2S.C7H7BrOS.C6H4Br2OS.C4HBr3S.C4H9NO2.C4H4S.C3H7NO2.C2H7NO.ClH/c1-6-5-7(10)8(13-6)9(2,11-3)12-4;1-8(11-2,12-3)7-5(9)4-6(10)13-7;1-4-3-6(8)7(10-4)5(2)9;1-3(9)6-4(7)2-5(8)10-6;5-2-1-3(6)8-4(2)7;1-4(6)5(2)7-3;1-2-4-5-3-1;1-3(5)4-6-2;1-3-4-2;/h5H,1-4H3;4H,1-3H3;3H,1-2H3;2H,1H3;1H;1-3H3;1-4H;1-2H3,(H,4,5);3H,1-2H3;1H. The number of rotatable bonds is 11. The highest BCUT2D eigenvalue weighted by Gasteiger charge is 2.31. The lowest BCUT2D eigenvalue weighted by Gasteiger charge is -2.25. The Morgan fingerprint density at radius 3 is 1.06 bits per heavy atom. The third-order valence-electron chi connectivity index (χ3n) is 8.16. The smallest absolute Gasteiger partial charge is 0.242 e. The molecule has 6 aromatic heterocycles. The number of carbonyl (C=O) groups is 4. The van der Waals surface area contributed by atoms with Gasteiger partial charge in [0, 0.05) is 88.5 Å². The molecule has 0 spiro atoms. The van der Waals surface area contributed by atoms with E-state index >= 15 is 0 Å². The SMILES string of the molecule is Brc1cc(Br)c(Br)s1.CC(=O)c1sc(Br)cc1Br.CC(=O)c1sc(C)cc1Br.CNOC.COC(C)(OC)c1sc(Br)cc1Br.COC(C)(OC)c1sc(C)cc1Br.CON(C)C(C)=O.CONC(C)=O.Cl.c1ccsc1. The van der Waals surface area contributed by atoms with Gasteiger partial charge in [-0.15, -0.1) is 69.1 Å². The Morgan fingerprint density at radius 1 is 0.532 bits per heavy atom. The van der Waals surface area contributed by atoms with Crippen LogP contribution in [0.3, 0.4) is 0 Å². The van der Waals surface area contributed by atoms with Crippen LogP contribution < -0.4 is 11.0 Å². The summed E-state index contributed by atoms with van der Waals surface area (Å²) in [6.07, 6.45) is 0. The number of Topliss-reactive ketones (excluding diaryl/α,β-unsaturated/α-hetero) is 2. The Morgan fingerprint density at radius 2 is 0.896 bits per heavy atom. The van der Waals surface area contributed by atoms with Crippen LogP contribution in [0.2, 0.25) is 0 Å². The van der Waals surface area contributed by atoms with Crippen molar-refractivity contribution >= 4 is 247 Å². The molecule has 6 heterocycles. The lowest BCUT2D eigenvalue weighted by molar-refractivity contribution is -0.200. The van der Waals surface area contributed by atoms with Crippen molar-refractivity contribution in [2.24, 2.45) is 0 Å². The molecule has 0 atom stereocenters. The minimum absolute atomic E-state index is 0. The number of carbonyl (C=O) groups excluding carboxylic acids is 4. The number of hydrogen-bond donors (Lipinski definition) is 2. The van der Waals surface area contributed by atoms with Crippen molar-refractivity contribution in [3.8, 4) is 0 Å². The third kappa shape index (κ3) is 37.0. The van der Waals surface area contributed by atoms with Gasteiger partial charge in [-0.05, 0) is 226 Å². The van der Waals surface area contributed by atoms with Gasteiger partial charge in [0.05, 0.1) is 56.0 Å². The molecule has 0 aliphatic heterocycles. The second-order valence-electron chi connectivity index (χ2n) is 13.8. The molecule has 2 N–H and O–H groups in total. The molecule has 0 radical (unpaired) electrons. The van der Waals surface area contributed by atoms with Crippen LogP contribution in [0.1, 0.15) is 80.4 Å². The van der Waals surface area contributed by atoms with E-state index in [4.69, 9.17) is 18.9 Å². The van der Waals surface area contributed by atoms with Crippen molar-refractivity contribution in [1.29, 1.82) is 0 Å². The zero-order valence-corrected chi connectivity index (χ0v) is 64.9. The summed E-state index contributed by atoms with van der Waals surface area (Å²) in [6, 6.07) is 13.9. The molecular weight excluding hydrogens is 1730 g/mol. The minimum Gasteiger partial charge on any atom is -0.349 e. The van der Waals surface area contributed by atoms with E-state index in [0.29, 0.717) is 0 Å². The number of hydroxylamine groups is 4. The molecule has 0 aromatic carbocycles. The number of halogens is 10. The van der Waals surface area contributed by atoms with Gasteiger partial charge < -0.3 is 23.8 Å². The van der Waals surface area contributed by atoms with E-state index in [1.807, 2.05) is 67.9 Å². The first kappa shape index (κ1) is 84.2. The predicted octanol–water partition coefficient (Wildman–Crippen LogP) is 19.2. The quantitative estimate of drug-likeness (QED) is 0.0719. The van der Waals surface area contributed by atoms with E-state index in [2.05, 4.69) is 182 Å². The number of nitrogens with zero attached hydrogens (tertiary/aromatic N) is 1. The number of amides is 2. The minimum atomic E-state index is -0.671. The van der Waals surface area contributed by atoms with Crippen molar-refractivity contribution in [3.63, 3.8) is 0 Å². The number of hydrogen-bond acceptors (Lipinski definition) is 18. The van der Waals surface area contributed by atoms with Crippen molar-refractivity contribution in [2.45, 2.75) is 67.0 Å². The van der Waals surface area contributed by atoms with Crippen molar-refractivity contribution < 1.29 is 52.6 Å². The Bertz CT molecular complexity index is 2400. The summed E-state index contributed by atoms with van der Waals surface area (Å²) in [6.45, 7) is 13.8. The summed E-state index contributed by atoms with van der Waals surface area (Å²) in [5, 5.41) is 5.24. The van der Waals surface area contributed by atoms with Gasteiger partial charge in [0.25, 0.3) is 0 Å². The highest BCUT2D eigenvalue weighted by Crippen LogP contribution is 2.41. The first-order valence-electron chi connectivity index (χ1n) is 20.9. The lowest BCUT2D eigenvalue weighted by Crippen LogP contribution is -2.25. The molecule has 2 amide bonds. The maximum atomic E-state index is 10.9. The zero-order valence-electron chi connectivity index (χ0n) is 44.9. The van der Waals surface area contributed by atoms with Crippen LogP contribution in [0.4, 0.5) is 0 Å². The number of thiophene rings is 6. The van der Waals surface area contributed by atoms with Crippen LogP contribution in [0.15, 0.2) is 90.7 Å². The maximum Gasteiger partial charge on any atom is 0.242 e. The van der Waals surface area contributed by atoms with Gasteiger partial charge in [-0.25, -0.2) is 16.0 Å². The summed E-state index contributed by atoms with van der Waals surface area (Å²) in [4.78, 5) is 60.7. The summed E-state index contributed by atoms with van der Waals surface area (Å²) in [5.41, 5.74) is 4.50. The molecule has 0 fully saturated rings. The molecule has 30 heteroatoms. The van der Waals surface area contributed by atoms with E-state index in [9.17, 15) is 19.2 Å². The Kier molecular flexibility index (Phi) is 51.5. The highest BCUT2D eigenvalue weighted by molar-refractivity contribution is 9.14. The van der Waals surface area contributed by atoms with E-state index in [0.717, 1.165) is 67.0 Å². The van der Waals surface area contributed by atoms with Crippen molar-refractivity contribution in [3.05, 3.63) is 120 Å². The summed E-state index contributed by atoms with van der Waals surface area (Å²) in [5.74, 6) is -1.36. The second-order valence-corrected chi connectivity index (χ2v) is 30.0. The van der Waals surface area contributed by atoms with Crippen LogP contribution in [0, 0.1) is 13.8 Å². The van der Waals surface area contributed by atoms with E-state index < -0.39 is 11.6 Å². The molecule has 0 aliphatic carbocycles. The van der Waals surface area contributed by atoms with Crippen LogP contribution in [-0.4, -0.2) is 92.3 Å². The van der Waals surface area contributed by atoms with Gasteiger partial charge in [0.2, 0.25) is 23.4 Å². The first-order chi connectivity index (χ1) is 35.3. The molecule has 77 heavy (non-hydrogen) atoms. The van der Waals surface area contributed by atoms with Gasteiger partial charge in [-0.1, -0.05) is 12.1 Å². The number of ketones is 2. The summed E-state index contributed by atoms with van der Waals surface area (Å²) in [7, 11) is 14.2. The fourth-order valence-corrected chi connectivity index (χ4v) is 17.4. The summed E-state index contributed by atoms with van der Waals surface area (Å²) < 4.78 is 30.5. The lowest BCUT2D eigenvalue weighted by atomic mass is 10.2. The molecule has 0 aliphatic rings. The maximum absolute atomic E-state index is 10.9. The first-order valence-corrected chi connectivity index (χ1v) is 33.0. The molecule has 0 unspecified atom stereocenters. The predicted molar refractivity (Wildman–Crippen MR) is 357 cm³/mol. The van der Waals surface area contributed by atoms with Gasteiger partial charge in [0.15, 0.2) is 11.6 Å². The van der Waals surface area contributed by atoms with Crippen LogP contribution in [-0.2, 0) is 54.6 Å². The molecule has 0 saturated heterocycles. The second kappa shape index (κ2) is 47.1. The number of nitrogens with one attached hydrogen (secondary N) is 2. The number of methoxy groups -OCH3 is 4. The van der Waals surface area contributed by atoms with Crippen LogP contribution in [0.25, 0.3) is 0 Å². The average molecular weight is 1790 g/mol. The van der Waals surface area contributed by atoms with E-state index in [1.54, 1.807) is 109 Å². The van der Waals surface area contributed by atoms with Gasteiger partial charge in [0.1, 0.15) is 0 Å². The van der Waals surface area contributed by atoms with Gasteiger partial charge in [-0.3, -0.25) is 28.9 Å². The normalized spacial score (nSPS) is 9.95. The molecule has 0 saturated carbocycles. The Balaban J connectivity index is -0.000000397. The topological polar surface area (TPSA) is 160 Å². The fourth-order valence-electron chi connectivity index (χ4n) is 4.10. The van der Waals surface area contributed by atoms with E-state index in [1.165, 1.54) is 55.6 Å².